The Kier molecular flexibility index (Phi) is 3.49. The molecule has 0 aliphatic carbocycles. The molecule has 0 aromatic carbocycles. The van der Waals surface area contributed by atoms with Gasteiger partial charge in [-0.25, -0.2) is 0 Å². The van der Waals surface area contributed by atoms with Crippen LogP contribution < -0.4 is 0 Å². The fourth-order valence-corrected chi connectivity index (χ4v) is 1.92. The van der Waals surface area contributed by atoms with Crippen LogP contribution in [0.2, 0.25) is 0 Å². The predicted molar refractivity (Wildman–Crippen MR) is 61.4 cm³/mol. The van der Waals surface area contributed by atoms with Crippen molar-refractivity contribution in [2.75, 3.05) is 6.61 Å². The third kappa shape index (κ3) is 2.66. The highest BCUT2D eigenvalue weighted by molar-refractivity contribution is 5.02. The largest absolute Gasteiger partial charge is 0.392 e. The van der Waals surface area contributed by atoms with E-state index in [1.165, 1.54) is 0 Å². The van der Waals surface area contributed by atoms with Gasteiger partial charge < -0.3 is 14.4 Å². The minimum Gasteiger partial charge on any atom is -0.392 e. The van der Waals surface area contributed by atoms with Gasteiger partial charge in [0.15, 0.2) is 0 Å². The van der Waals surface area contributed by atoms with E-state index < -0.39 is 11.7 Å². The van der Waals surface area contributed by atoms with Crippen molar-refractivity contribution in [3.05, 3.63) is 11.7 Å². The molecule has 0 radical (unpaired) electrons. The average Bonchev–Trinajstić information content (AvgIpc) is 2.88. The molecule has 1 aliphatic heterocycles. The second-order valence-electron chi connectivity index (χ2n) is 5.21. The molecular weight excluding hydrogens is 220 g/mol. The van der Waals surface area contributed by atoms with Crippen LogP contribution in [0.25, 0.3) is 0 Å². The Morgan fingerprint density at radius 3 is 2.82 bits per heavy atom. The number of hydrogen-bond donors (Lipinski definition) is 1. The van der Waals surface area contributed by atoms with Crippen molar-refractivity contribution in [3.8, 4) is 0 Å². The highest BCUT2D eigenvalue weighted by atomic mass is 16.5. The van der Waals surface area contributed by atoms with Crippen molar-refractivity contribution in [3.63, 3.8) is 0 Å². The first kappa shape index (κ1) is 12.5. The molecule has 0 bridgehead atoms. The van der Waals surface area contributed by atoms with Gasteiger partial charge in [0, 0.05) is 6.61 Å². The van der Waals surface area contributed by atoms with Gasteiger partial charge in [0.25, 0.3) is 0 Å². The number of ether oxygens (including phenoxy) is 1. The van der Waals surface area contributed by atoms with Crippen molar-refractivity contribution in [2.24, 2.45) is 5.92 Å². The second kappa shape index (κ2) is 4.74. The van der Waals surface area contributed by atoms with Crippen molar-refractivity contribution in [1.82, 2.24) is 10.1 Å². The Bertz CT molecular complexity index is 370. The van der Waals surface area contributed by atoms with Crippen LogP contribution in [0, 0.1) is 5.92 Å². The lowest BCUT2D eigenvalue weighted by atomic mass is 10.0. The van der Waals surface area contributed by atoms with E-state index in [0.29, 0.717) is 18.1 Å². The third-order valence-corrected chi connectivity index (χ3v) is 3.31. The van der Waals surface area contributed by atoms with Crippen LogP contribution in [0.15, 0.2) is 4.52 Å². The van der Waals surface area contributed by atoms with Crippen LogP contribution in [-0.4, -0.2) is 28.0 Å². The van der Waals surface area contributed by atoms with E-state index in [1.54, 1.807) is 0 Å². The molecule has 5 heteroatoms. The summed E-state index contributed by atoms with van der Waals surface area (Å²) in [4.78, 5) is 4.32. The summed E-state index contributed by atoms with van der Waals surface area (Å²) in [6, 6.07) is 0. The molecule has 0 saturated carbocycles. The number of aliphatic hydroxyl groups is 1. The van der Waals surface area contributed by atoms with E-state index in [9.17, 15) is 5.11 Å². The maximum Gasteiger partial charge on any atom is 0.229 e. The summed E-state index contributed by atoms with van der Waals surface area (Å²) in [6.45, 7) is 6.65. The molecule has 2 rings (SSSR count). The minimum atomic E-state index is -0.444. The maximum atomic E-state index is 9.76. The molecule has 1 fully saturated rings. The summed E-state index contributed by atoms with van der Waals surface area (Å²) in [5, 5.41) is 13.7. The molecule has 2 atom stereocenters. The summed E-state index contributed by atoms with van der Waals surface area (Å²) < 4.78 is 10.8. The van der Waals surface area contributed by atoms with Crippen molar-refractivity contribution in [2.45, 2.75) is 51.7 Å². The van der Waals surface area contributed by atoms with E-state index in [2.05, 4.69) is 10.1 Å². The third-order valence-electron chi connectivity index (χ3n) is 3.31. The van der Waals surface area contributed by atoms with Gasteiger partial charge in [0.1, 0.15) is 5.60 Å². The van der Waals surface area contributed by atoms with Gasteiger partial charge in [0.2, 0.25) is 11.7 Å². The van der Waals surface area contributed by atoms with E-state index in [0.717, 1.165) is 19.4 Å². The topological polar surface area (TPSA) is 68.4 Å². The molecule has 2 unspecified atom stereocenters. The average molecular weight is 240 g/mol. The van der Waals surface area contributed by atoms with Gasteiger partial charge in [-0.15, -0.1) is 0 Å². The van der Waals surface area contributed by atoms with Crippen LogP contribution in [0.1, 0.15) is 45.3 Å². The second-order valence-corrected chi connectivity index (χ2v) is 5.21. The summed E-state index contributed by atoms with van der Waals surface area (Å²) in [5.41, 5.74) is -0.412. The number of rotatable bonds is 4. The first-order valence-corrected chi connectivity index (χ1v) is 6.16. The fourth-order valence-electron chi connectivity index (χ4n) is 1.92. The zero-order chi connectivity index (χ0) is 12.5. The Balaban J connectivity index is 2.05. The van der Waals surface area contributed by atoms with Crippen LogP contribution >= 0.6 is 0 Å². The van der Waals surface area contributed by atoms with E-state index >= 15 is 0 Å². The van der Waals surface area contributed by atoms with Gasteiger partial charge in [-0.3, -0.25) is 0 Å². The van der Waals surface area contributed by atoms with Crippen molar-refractivity contribution in [1.29, 1.82) is 0 Å². The molecule has 1 saturated heterocycles. The summed E-state index contributed by atoms with van der Waals surface area (Å²) in [5.74, 6) is 1.27. The molecule has 0 spiro atoms. The Morgan fingerprint density at radius 1 is 1.47 bits per heavy atom. The molecule has 5 nitrogen and oxygen atoms in total. The standard InChI is InChI=1S/C12H20N2O3/c1-8(2)9(15)7-10-13-11(14-17-10)12(3)5-4-6-16-12/h8-9,15H,4-7H2,1-3H3. The zero-order valence-electron chi connectivity index (χ0n) is 10.6. The SMILES string of the molecule is CC(C)C(O)Cc1nc(C2(C)CCCO2)no1. The summed E-state index contributed by atoms with van der Waals surface area (Å²) in [6.07, 6.45) is 1.90. The maximum absolute atomic E-state index is 9.76. The van der Waals surface area contributed by atoms with E-state index in [4.69, 9.17) is 9.26 Å². The molecular formula is C12H20N2O3. The van der Waals surface area contributed by atoms with E-state index in [-0.39, 0.29) is 5.92 Å². The van der Waals surface area contributed by atoms with Gasteiger partial charge in [0.05, 0.1) is 12.5 Å². The molecule has 1 aromatic rings. The molecule has 0 amide bonds. The number of hydrogen-bond acceptors (Lipinski definition) is 5. The van der Waals surface area contributed by atoms with Crippen LogP contribution in [0.5, 0.6) is 0 Å². The quantitative estimate of drug-likeness (QED) is 0.866. The summed E-state index contributed by atoms with van der Waals surface area (Å²) in [7, 11) is 0. The predicted octanol–water partition coefficient (Wildman–Crippen LogP) is 1.65. The molecule has 96 valence electrons. The number of aliphatic hydroxyl groups excluding tert-OH is 1. The Morgan fingerprint density at radius 2 is 2.24 bits per heavy atom. The lowest BCUT2D eigenvalue weighted by Gasteiger charge is -2.17. The molecule has 1 N–H and O–H groups in total. The van der Waals surface area contributed by atoms with Crippen LogP contribution in [-0.2, 0) is 16.8 Å². The van der Waals surface area contributed by atoms with Crippen LogP contribution in [0.4, 0.5) is 0 Å². The highest BCUT2D eigenvalue weighted by Crippen LogP contribution is 2.33. The molecule has 17 heavy (non-hydrogen) atoms. The van der Waals surface area contributed by atoms with Crippen molar-refractivity contribution >= 4 is 0 Å². The Labute approximate surface area is 101 Å². The van der Waals surface area contributed by atoms with Crippen molar-refractivity contribution < 1.29 is 14.4 Å². The Hall–Kier alpha value is -0.940. The fraction of sp³-hybridized carbons (Fsp3) is 0.833. The van der Waals surface area contributed by atoms with E-state index in [1.807, 2.05) is 20.8 Å². The lowest BCUT2D eigenvalue weighted by molar-refractivity contribution is 0.00768. The first-order valence-electron chi connectivity index (χ1n) is 6.16. The minimum absolute atomic E-state index is 0.184. The zero-order valence-corrected chi connectivity index (χ0v) is 10.6. The monoisotopic (exact) mass is 240 g/mol. The number of aromatic nitrogens is 2. The molecule has 2 heterocycles. The molecule has 1 aliphatic rings. The van der Waals surface area contributed by atoms with Gasteiger partial charge in [-0.1, -0.05) is 19.0 Å². The van der Waals surface area contributed by atoms with Crippen LogP contribution in [0.3, 0.4) is 0 Å². The number of nitrogens with zero attached hydrogens (tertiary/aromatic N) is 2. The normalized spacial score (nSPS) is 26.6. The van der Waals surface area contributed by atoms with Gasteiger partial charge in [-0.2, -0.15) is 4.98 Å². The lowest BCUT2D eigenvalue weighted by Crippen LogP contribution is -2.22. The summed E-state index contributed by atoms with van der Waals surface area (Å²) >= 11 is 0. The van der Waals surface area contributed by atoms with Gasteiger partial charge >= 0.3 is 0 Å². The molecule has 1 aromatic heterocycles. The van der Waals surface area contributed by atoms with Gasteiger partial charge in [-0.05, 0) is 25.7 Å². The smallest absolute Gasteiger partial charge is 0.229 e. The first-order chi connectivity index (χ1) is 8.01. The highest BCUT2D eigenvalue weighted by Gasteiger charge is 2.36.